The van der Waals surface area contributed by atoms with Crippen molar-refractivity contribution in [3.8, 4) is 5.75 Å². The SMILES string of the molecule is COc1c(F)cccc1C=CCC=O. The predicted octanol–water partition coefficient (Wildman–Crippen LogP) is 2.44. The van der Waals surface area contributed by atoms with Crippen LogP contribution >= 0.6 is 0 Å². The summed E-state index contributed by atoms with van der Waals surface area (Å²) in [5.41, 5.74) is 0.634. The standard InChI is InChI=1S/C11H11FO2/c1-14-11-9(5-2-3-8-13)6-4-7-10(11)12/h2,4-8H,3H2,1H3. The van der Waals surface area contributed by atoms with Crippen LogP contribution in [0.3, 0.4) is 0 Å². The number of allylic oxidation sites excluding steroid dienone is 1. The molecule has 1 aromatic carbocycles. The third-order valence-electron chi connectivity index (χ3n) is 1.73. The van der Waals surface area contributed by atoms with E-state index in [1.54, 1.807) is 24.3 Å². The molecule has 0 aliphatic heterocycles. The zero-order valence-electron chi connectivity index (χ0n) is 7.87. The van der Waals surface area contributed by atoms with E-state index in [-0.39, 0.29) is 5.75 Å². The van der Waals surface area contributed by atoms with Crippen LogP contribution in [0.5, 0.6) is 5.75 Å². The van der Waals surface area contributed by atoms with Crippen LogP contribution in [0.1, 0.15) is 12.0 Å². The van der Waals surface area contributed by atoms with Crippen molar-refractivity contribution in [1.82, 2.24) is 0 Å². The Labute approximate surface area is 82.0 Å². The molecular formula is C11H11FO2. The van der Waals surface area contributed by atoms with Gasteiger partial charge >= 0.3 is 0 Å². The summed E-state index contributed by atoms with van der Waals surface area (Å²) in [6, 6.07) is 4.65. The van der Waals surface area contributed by atoms with Crippen LogP contribution in [0.15, 0.2) is 24.3 Å². The van der Waals surface area contributed by atoms with Crippen molar-refractivity contribution < 1.29 is 13.9 Å². The van der Waals surface area contributed by atoms with Gasteiger partial charge in [0.15, 0.2) is 11.6 Å². The van der Waals surface area contributed by atoms with E-state index >= 15 is 0 Å². The Kier molecular flexibility index (Phi) is 3.85. The molecule has 1 aromatic rings. The average Bonchev–Trinajstić information content (AvgIpc) is 2.18. The van der Waals surface area contributed by atoms with Gasteiger partial charge in [-0.25, -0.2) is 4.39 Å². The molecule has 0 bridgehead atoms. The Morgan fingerprint density at radius 1 is 1.50 bits per heavy atom. The highest BCUT2D eigenvalue weighted by Crippen LogP contribution is 2.23. The summed E-state index contributed by atoms with van der Waals surface area (Å²) in [5.74, 6) is -0.199. The van der Waals surface area contributed by atoms with Crippen LogP contribution in [0, 0.1) is 5.82 Å². The number of carbonyl (C=O) groups excluding carboxylic acids is 1. The first-order valence-corrected chi connectivity index (χ1v) is 4.22. The van der Waals surface area contributed by atoms with Crippen molar-refractivity contribution in [1.29, 1.82) is 0 Å². The first kappa shape index (κ1) is 10.4. The number of hydrogen-bond donors (Lipinski definition) is 0. The fourth-order valence-electron chi connectivity index (χ4n) is 1.12. The topological polar surface area (TPSA) is 26.3 Å². The van der Waals surface area contributed by atoms with E-state index in [2.05, 4.69) is 0 Å². The summed E-state index contributed by atoms with van der Waals surface area (Å²) in [7, 11) is 1.41. The molecule has 0 saturated carbocycles. The Morgan fingerprint density at radius 3 is 2.93 bits per heavy atom. The van der Waals surface area contributed by atoms with Crippen LogP contribution in [0.2, 0.25) is 0 Å². The number of para-hydroxylation sites is 1. The normalized spacial score (nSPS) is 10.4. The molecule has 0 aliphatic carbocycles. The summed E-state index contributed by atoms with van der Waals surface area (Å²) in [5, 5.41) is 0. The highest BCUT2D eigenvalue weighted by molar-refractivity contribution is 5.61. The summed E-state index contributed by atoms with van der Waals surface area (Å²) < 4.78 is 18.0. The van der Waals surface area contributed by atoms with Gasteiger partial charge in [-0.2, -0.15) is 0 Å². The van der Waals surface area contributed by atoms with E-state index in [0.717, 1.165) is 6.29 Å². The van der Waals surface area contributed by atoms with Gasteiger partial charge in [0.2, 0.25) is 0 Å². The smallest absolute Gasteiger partial charge is 0.165 e. The van der Waals surface area contributed by atoms with Crippen LogP contribution in [0.4, 0.5) is 4.39 Å². The maximum absolute atomic E-state index is 13.1. The molecule has 74 valence electrons. The molecule has 2 nitrogen and oxygen atoms in total. The van der Waals surface area contributed by atoms with Crippen molar-refractivity contribution in [2.24, 2.45) is 0 Å². The van der Waals surface area contributed by atoms with Gasteiger partial charge in [0.05, 0.1) is 7.11 Å². The maximum atomic E-state index is 13.1. The van der Waals surface area contributed by atoms with Crippen molar-refractivity contribution in [3.63, 3.8) is 0 Å². The Bertz CT molecular complexity index is 345. The van der Waals surface area contributed by atoms with Crippen LogP contribution < -0.4 is 4.74 Å². The Balaban J connectivity index is 2.95. The van der Waals surface area contributed by atoms with E-state index in [9.17, 15) is 9.18 Å². The molecule has 0 atom stereocenters. The second-order valence-electron chi connectivity index (χ2n) is 2.67. The first-order valence-electron chi connectivity index (χ1n) is 4.22. The molecule has 0 fully saturated rings. The van der Waals surface area contributed by atoms with E-state index in [1.165, 1.54) is 13.2 Å². The number of carbonyl (C=O) groups is 1. The van der Waals surface area contributed by atoms with E-state index in [1.807, 2.05) is 0 Å². The molecule has 0 spiro atoms. The minimum absolute atomic E-state index is 0.203. The van der Waals surface area contributed by atoms with Crippen LogP contribution in [-0.4, -0.2) is 13.4 Å². The number of methoxy groups -OCH3 is 1. The maximum Gasteiger partial charge on any atom is 0.165 e. The van der Waals surface area contributed by atoms with Crippen molar-refractivity contribution >= 4 is 12.4 Å². The third kappa shape index (κ3) is 2.42. The van der Waals surface area contributed by atoms with E-state index in [0.29, 0.717) is 12.0 Å². The number of aldehydes is 1. The largest absolute Gasteiger partial charge is 0.493 e. The number of halogens is 1. The molecule has 0 unspecified atom stereocenters. The van der Waals surface area contributed by atoms with Crippen molar-refractivity contribution in [2.75, 3.05) is 7.11 Å². The first-order chi connectivity index (χ1) is 6.79. The Hall–Kier alpha value is -1.64. The van der Waals surface area contributed by atoms with Gasteiger partial charge in [0.25, 0.3) is 0 Å². The molecule has 0 aliphatic rings. The van der Waals surface area contributed by atoms with Gasteiger partial charge in [-0.3, -0.25) is 0 Å². The molecule has 0 heterocycles. The molecule has 3 heteroatoms. The van der Waals surface area contributed by atoms with Crippen molar-refractivity contribution in [3.05, 3.63) is 35.7 Å². The lowest BCUT2D eigenvalue weighted by atomic mass is 10.1. The van der Waals surface area contributed by atoms with Gasteiger partial charge in [-0.15, -0.1) is 0 Å². The molecule has 0 aromatic heterocycles. The summed E-state index contributed by atoms with van der Waals surface area (Å²) >= 11 is 0. The van der Waals surface area contributed by atoms with Gasteiger partial charge in [0.1, 0.15) is 6.29 Å². The van der Waals surface area contributed by atoms with Gasteiger partial charge < -0.3 is 9.53 Å². The lowest BCUT2D eigenvalue weighted by Gasteiger charge is -2.04. The number of hydrogen-bond acceptors (Lipinski definition) is 2. The quantitative estimate of drug-likeness (QED) is 0.688. The predicted molar refractivity (Wildman–Crippen MR) is 52.7 cm³/mol. The number of rotatable bonds is 4. The van der Waals surface area contributed by atoms with E-state index in [4.69, 9.17) is 4.74 Å². The molecule has 0 saturated heterocycles. The van der Waals surface area contributed by atoms with Gasteiger partial charge in [-0.1, -0.05) is 24.3 Å². The summed E-state index contributed by atoms with van der Waals surface area (Å²) in [6.07, 6.45) is 4.42. The fraction of sp³-hybridized carbons (Fsp3) is 0.182. The minimum Gasteiger partial charge on any atom is -0.493 e. The summed E-state index contributed by atoms with van der Waals surface area (Å²) in [6.45, 7) is 0. The second-order valence-corrected chi connectivity index (χ2v) is 2.67. The van der Waals surface area contributed by atoms with Crippen LogP contribution in [-0.2, 0) is 4.79 Å². The molecule has 0 N–H and O–H groups in total. The molecule has 1 rings (SSSR count). The molecule has 0 radical (unpaired) electrons. The van der Waals surface area contributed by atoms with E-state index < -0.39 is 5.82 Å². The lowest BCUT2D eigenvalue weighted by Crippen LogP contribution is -1.90. The van der Waals surface area contributed by atoms with Crippen LogP contribution in [0.25, 0.3) is 6.08 Å². The number of benzene rings is 1. The second kappa shape index (κ2) is 5.17. The molecular weight excluding hydrogens is 183 g/mol. The van der Waals surface area contributed by atoms with Crippen molar-refractivity contribution in [2.45, 2.75) is 6.42 Å². The van der Waals surface area contributed by atoms with Gasteiger partial charge in [-0.05, 0) is 6.07 Å². The zero-order valence-corrected chi connectivity index (χ0v) is 7.87. The minimum atomic E-state index is -0.402. The zero-order chi connectivity index (χ0) is 10.4. The highest BCUT2D eigenvalue weighted by Gasteiger charge is 2.04. The number of ether oxygens (including phenoxy) is 1. The average molecular weight is 194 g/mol. The monoisotopic (exact) mass is 194 g/mol. The Morgan fingerprint density at radius 2 is 2.29 bits per heavy atom. The highest BCUT2D eigenvalue weighted by atomic mass is 19.1. The fourth-order valence-corrected chi connectivity index (χ4v) is 1.12. The third-order valence-corrected chi connectivity index (χ3v) is 1.73. The lowest BCUT2D eigenvalue weighted by molar-refractivity contribution is -0.107. The summed E-state index contributed by atoms with van der Waals surface area (Å²) in [4.78, 5) is 10.1. The van der Waals surface area contributed by atoms with Gasteiger partial charge in [0, 0.05) is 12.0 Å². The molecule has 0 amide bonds. The molecule has 14 heavy (non-hydrogen) atoms.